The molecule has 0 fully saturated rings. The zero-order valence-electron chi connectivity index (χ0n) is 11.5. The van der Waals surface area contributed by atoms with Crippen LogP contribution in [-0.4, -0.2) is 5.91 Å². The Morgan fingerprint density at radius 3 is 2.80 bits per heavy atom. The van der Waals surface area contributed by atoms with Crippen molar-refractivity contribution in [3.05, 3.63) is 64.7 Å². The maximum Gasteiger partial charge on any atom is 0.248 e. The molecule has 1 aliphatic carbocycles. The first-order valence-corrected chi connectivity index (χ1v) is 6.90. The van der Waals surface area contributed by atoms with Gasteiger partial charge in [-0.1, -0.05) is 24.3 Å². The van der Waals surface area contributed by atoms with Gasteiger partial charge in [0.2, 0.25) is 5.91 Å². The Kier molecular flexibility index (Phi) is 3.18. The van der Waals surface area contributed by atoms with Gasteiger partial charge in [0, 0.05) is 11.3 Å². The quantitative estimate of drug-likeness (QED) is 0.896. The molecule has 1 unspecified atom stereocenters. The van der Waals surface area contributed by atoms with Crippen LogP contribution in [0.4, 0.5) is 5.69 Å². The maximum atomic E-state index is 11.2. The van der Waals surface area contributed by atoms with Crippen molar-refractivity contribution in [2.75, 3.05) is 5.32 Å². The number of hydrogen-bond donors (Lipinski definition) is 2. The smallest absolute Gasteiger partial charge is 0.248 e. The predicted octanol–water partition coefficient (Wildman–Crippen LogP) is 3.19. The van der Waals surface area contributed by atoms with E-state index in [1.807, 2.05) is 19.1 Å². The molecule has 0 radical (unpaired) electrons. The molecule has 0 saturated heterocycles. The summed E-state index contributed by atoms with van der Waals surface area (Å²) in [7, 11) is 0. The third-order valence-electron chi connectivity index (χ3n) is 3.97. The van der Waals surface area contributed by atoms with Crippen molar-refractivity contribution < 1.29 is 4.79 Å². The van der Waals surface area contributed by atoms with Gasteiger partial charge in [-0.2, -0.15) is 0 Å². The summed E-state index contributed by atoms with van der Waals surface area (Å²) in [6.07, 6.45) is 2.22. The topological polar surface area (TPSA) is 55.1 Å². The SMILES string of the molecule is Cc1cc(C(N)=O)ccc1NC1CCc2ccccc21. The summed E-state index contributed by atoms with van der Waals surface area (Å²) >= 11 is 0. The summed E-state index contributed by atoms with van der Waals surface area (Å²) in [4.78, 5) is 11.2. The molecule has 20 heavy (non-hydrogen) atoms. The number of carbonyl (C=O) groups is 1. The molecule has 1 atom stereocenters. The number of nitrogens with two attached hydrogens (primary N) is 1. The molecule has 0 saturated carbocycles. The standard InChI is InChI=1S/C17H18N2O/c1-11-10-13(17(18)20)7-8-15(11)19-16-9-6-12-4-2-3-5-14(12)16/h2-5,7-8,10,16,19H,6,9H2,1H3,(H2,18,20). The summed E-state index contributed by atoms with van der Waals surface area (Å²) in [5.41, 5.74) is 10.8. The average Bonchev–Trinajstić information content (AvgIpc) is 2.84. The Morgan fingerprint density at radius 1 is 1.25 bits per heavy atom. The van der Waals surface area contributed by atoms with E-state index in [9.17, 15) is 4.79 Å². The van der Waals surface area contributed by atoms with E-state index in [1.165, 1.54) is 11.1 Å². The first-order valence-electron chi connectivity index (χ1n) is 6.90. The van der Waals surface area contributed by atoms with Crippen LogP contribution in [0.3, 0.4) is 0 Å². The van der Waals surface area contributed by atoms with Crippen molar-refractivity contribution in [1.82, 2.24) is 0 Å². The van der Waals surface area contributed by atoms with E-state index >= 15 is 0 Å². The van der Waals surface area contributed by atoms with Crippen molar-refractivity contribution >= 4 is 11.6 Å². The van der Waals surface area contributed by atoms with E-state index in [0.29, 0.717) is 11.6 Å². The Balaban J connectivity index is 1.84. The second-order valence-corrected chi connectivity index (χ2v) is 5.33. The highest BCUT2D eigenvalue weighted by molar-refractivity contribution is 5.93. The number of carbonyl (C=O) groups excluding carboxylic acids is 1. The Morgan fingerprint density at radius 2 is 2.05 bits per heavy atom. The van der Waals surface area contributed by atoms with Gasteiger partial charge in [0.25, 0.3) is 0 Å². The highest BCUT2D eigenvalue weighted by Gasteiger charge is 2.22. The fourth-order valence-corrected chi connectivity index (χ4v) is 2.87. The number of primary amides is 1. The van der Waals surface area contributed by atoms with Gasteiger partial charge in [0.05, 0.1) is 6.04 Å². The molecule has 0 spiro atoms. The zero-order chi connectivity index (χ0) is 14.1. The zero-order valence-corrected chi connectivity index (χ0v) is 11.5. The van der Waals surface area contributed by atoms with Gasteiger partial charge in [-0.15, -0.1) is 0 Å². The van der Waals surface area contributed by atoms with Crippen LogP contribution >= 0.6 is 0 Å². The fraction of sp³-hybridized carbons (Fsp3) is 0.235. The number of nitrogens with one attached hydrogen (secondary N) is 1. The molecule has 3 heteroatoms. The van der Waals surface area contributed by atoms with Crippen LogP contribution in [0.2, 0.25) is 0 Å². The molecular formula is C17H18N2O. The third kappa shape index (κ3) is 2.27. The van der Waals surface area contributed by atoms with Crippen LogP contribution in [-0.2, 0) is 6.42 Å². The van der Waals surface area contributed by atoms with Gasteiger partial charge in [0.15, 0.2) is 0 Å². The summed E-state index contributed by atoms with van der Waals surface area (Å²) in [5, 5.41) is 3.58. The van der Waals surface area contributed by atoms with Gasteiger partial charge in [0.1, 0.15) is 0 Å². The van der Waals surface area contributed by atoms with Crippen LogP contribution < -0.4 is 11.1 Å². The normalized spacial score (nSPS) is 16.8. The third-order valence-corrected chi connectivity index (χ3v) is 3.97. The van der Waals surface area contributed by atoms with Crippen LogP contribution in [0.25, 0.3) is 0 Å². The molecule has 3 rings (SSSR count). The second-order valence-electron chi connectivity index (χ2n) is 5.33. The van der Waals surface area contributed by atoms with E-state index in [2.05, 4.69) is 29.6 Å². The molecule has 102 valence electrons. The number of anilines is 1. The Bertz CT molecular complexity index is 664. The molecule has 3 N–H and O–H groups in total. The summed E-state index contributed by atoms with van der Waals surface area (Å²) < 4.78 is 0. The van der Waals surface area contributed by atoms with Gasteiger partial charge in [-0.25, -0.2) is 0 Å². The van der Waals surface area contributed by atoms with Crippen molar-refractivity contribution in [3.63, 3.8) is 0 Å². The van der Waals surface area contributed by atoms with Gasteiger partial charge < -0.3 is 11.1 Å². The lowest BCUT2D eigenvalue weighted by Crippen LogP contribution is -2.12. The van der Waals surface area contributed by atoms with Crippen molar-refractivity contribution in [2.24, 2.45) is 5.73 Å². The van der Waals surface area contributed by atoms with Crippen LogP contribution in [0.15, 0.2) is 42.5 Å². The van der Waals surface area contributed by atoms with Crippen molar-refractivity contribution in [1.29, 1.82) is 0 Å². The Labute approximate surface area is 118 Å². The number of fused-ring (bicyclic) bond motifs is 1. The van der Waals surface area contributed by atoms with Crippen LogP contribution in [0.5, 0.6) is 0 Å². The Hall–Kier alpha value is -2.29. The first-order chi connectivity index (χ1) is 9.65. The molecule has 1 amide bonds. The number of benzene rings is 2. The number of aryl methyl sites for hydroxylation is 2. The lowest BCUT2D eigenvalue weighted by Gasteiger charge is -2.17. The average molecular weight is 266 g/mol. The lowest BCUT2D eigenvalue weighted by molar-refractivity contribution is 0.1000. The highest BCUT2D eigenvalue weighted by atomic mass is 16.1. The van der Waals surface area contributed by atoms with Gasteiger partial charge >= 0.3 is 0 Å². The van der Waals surface area contributed by atoms with Crippen molar-refractivity contribution in [2.45, 2.75) is 25.8 Å². The minimum Gasteiger partial charge on any atom is -0.378 e. The minimum atomic E-state index is -0.383. The second kappa shape index (κ2) is 5.00. The van der Waals surface area contributed by atoms with Gasteiger partial charge in [-0.3, -0.25) is 4.79 Å². The number of hydrogen-bond acceptors (Lipinski definition) is 2. The number of rotatable bonds is 3. The van der Waals surface area contributed by atoms with Crippen molar-refractivity contribution in [3.8, 4) is 0 Å². The molecule has 0 heterocycles. The summed E-state index contributed by atoms with van der Waals surface area (Å²) in [5.74, 6) is -0.383. The van der Waals surface area contributed by atoms with E-state index in [-0.39, 0.29) is 5.91 Å². The number of amides is 1. The van der Waals surface area contributed by atoms with E-state index < -0.39 is 0 Å². The van der Waals surface area contributed by atoms with E-state index in [1.54, 1.807) is 6.07 Å². The fourth-order valence-electron chi connectivity index (χ4n) is 2.87. The molecule has 2 aromatic carbocycles. The molecule has 0 aromatic heterocycles. The van der Waals surface area contributed by atoms with Gasteiger partial charge in [-0.05, 0) is 54.7 Å². The maximum absolute atomic E-state index is 11.2. The minimum absolute atomic E-state index is 0.351. The first kappa shape index (κ1) is 12.7. The summed E-state index contributed by atoms with van der Waals surface area (Å²) in [6, 6.07) is 14.5. The predicted molar refractivity (Wildman–Crippen MR) is 80.8 cm³/mol. The molecule has 1 aliphatic rings. The summed E-state index contributed by atoms with van der Waals surface area (Å²) in [6.45, 7) is 2.00. The molecular weight excluding hydrogens is 248 g/mol. The molecule has 2 aromatic rings. The molecule has 3 nitrogen and oxygen atoms in total. The lowest BCUT2D eigenvalue weighted by atomic mass is 10.1. The highest BCUT2D eigenvalue weighted by Crippen LogP contribution is 2.34. The molecule has 0 bridgehead atoms. The molecule has 0 aliphatic heterocycles. The largest absolute Gasteiger partial charge is 0.378 e. The van der Waals surface area contributed by atoms with Crippen LogP contribution in [0, 0.1) is 6.92 Å². The monoisotopic (exact) mass is 266 g/mol. The van der Waals surface area contributed by atoms with E-state index in [0.717, 1.165) is 24.1 Å². The van der Waals surface area contributed by atoms with Crippen LogP contribution in [0.1, 0.15) is 39.5 Å². The van der Waals surface area contributed by atoms with E-state index in [4.69, 9.17) is 5.73 Å².